The summed E-state index contributed by atoms with van der Waals surface area (Å²) in [6, 6.07) is 11.9. The van der Waals surface area contributed by atoms with Crippen molar-refractivity contribution in [3.63, 3.8) is 0 Å². The fourth-order valence-electron chi connectivity index (χ4n) is 3.67. The summed E-state index contributed by atoms with van der Waals surface area (Å²) in [7, 11) is 0. The van der Waals surface area contributed by atoms with Crippen molar-refractivity contribution >= 4 is 17.0 Å². The zero-order valence-electron chi connectivity index (χ0n) is 14.3. The molecule has 1 heterocycles. The van der Waals surface area contributed by atoms with E-state index in [0.29, 0.717) is 17.7 Å². The van der Waals surface area contributed by atoms with Crippen molar-refractivity contribution < 1.29 is 13.9 Å². The predicted molar refractivity (Wildman–Crippen MR) is 101 cm³/mol. The molecule has 1 N–H and O–H groups in total. The van der Waals surface area contributed by atoms with Crippen LogP contribution >= 0.6 is 17.0 Å². The summed E-state index contributed by atoms with van der Waals surface area (Å²) in [5.74, 6) is -1.02. The van der Waals surface area contributed by atoms with E-state index in [1.54, 1.807) is 24.3 Å². The van der Waals surface area contributed by atoms with Crippen LogP contribution < -0.4 is 0 Å². The van der Waals surface area contributed by atoms with Gasteiger partial charge < -0.3 is 10.0 Å². The van der Waals surface area contributed by atoms with Crippen LogP contribution in [-0.2, 0) is 5.60 Å². The second-order valence-corrected chi connectivity index (χ2v) is 6.70. The van der Waals surface area contributed by atoms with E-state index in [0.717, 1.165) is 25.9 Å². The predicted octanol–water partition coefficient (Wildman–Crippen LogP) is 4.51. The second-order valence-electron chi connectivity index (χ2n) is 6.70. The summed E-state index contributed by atoms with van der Waals surface area (Å²) < 4.78 is 27.5. The van der Waals surface area contributed by atoms with Crippen molar-refractivity contribution in [2.75, 3.05) is 19.6 Å². The molecule has 2 aromatic rings. The Morgan fingerprint density at radius 1 is 1.00 bits per heavy atom. The average Bonchev–Trinajstić information content (AvgIpc) is 3.07. The molecule has 25 heavy (non-hydrogen) atoms. The first-order valence-electron chi connectivity index (χ1n) is 8.47. The molecule has 0 aliphatic carbocycles. The van der Waals surface area contributed by atoms with Crippen LogP contribution in [0.15, 0.2) is 48.5 Å². The SMILES string of the molecule is Br.CC(CN1CCCC1)C(O)(c1cccc(F)c1)c1cccc(F)c1. The van der Waals surface area contributed by atoms with Gasteiger partial charge >= 0.3 is 0 Å². The number of hydrogen-bond donors (Lipinski definition) is 1. The first-order valence-corrected chi connectivity index (χ1v) is 8.47. The number of hydrogen-bond acceptors (Lipinski definition) is 2. The van der Waals surface area contributed by atoms with Crippen molar-refractivity contribution in [1.29, 1.82) is 0 Å². The van der Waals surface area contributed by atoms with Gasteiger partial charge in [-0.15, -0.1) is 17.0 Å². The number of nitrogens with zero attached hydrogens (tertiary/aromatic N) is 1. The first kappa shape index (κ1) is 20.0. The molecule has 0 aromatic heterocycles. The molecule has 2 aromatic carbocycles. The summed E-state index contributed by atoms with van der Waals surface area (Å²) in [6.07, 6.45) is 2.32. The average molecular weight is 412 g/mol. The van der Waals surface area contributed by atoms with E-state index in [1.807, 2.05) is 6.92 Å². The minimum Gasteiger partial charge on any atom is -0.380 e. The van der Waals surface area contributed by atoms with Gasteiger partial charge in [0.05, 0.1) is 0 Å². The Morgan fingerprint density at radius 2 is 1.48 bits per heavy atom. The maximum Gasteiger partial charge on any atom is 0.123 e. The standard InChI is InChI=1S/C20H23F2NO.BrH/c1-15(14-23-10-2-3-11-23)20(24,16-6-4-8-18(21)12-16)17-7-5-9-19(22)13-17;/h4-9,12-13,15,24H,2-3,10-11,14H2,1H3;1H. The molecule has 5 heteroatoms. The van der Waals surface area contributed by atoms with E-state index in [9.17, 15) is 13.9 Å². The fraction of sp³-hybridized carbons (Fsp3) is 0.400. The van der Waals surface area contributed by atoms with Crippen LogP contribution in [0.3, 0.4) is 0 Å². The number of halogens is 3. The molecule has 0 bridgehead atoms. The monoisotopic (exact) mass is 411 g/mol. The molecule has 1 fully saturated rings. The van der Waals surface area contributed by atoms with E-state index < -0.39 is 17.2 Å². The molecule has 1 atom stereocenters. The van der Waals surface area contributed by atoms with Gasteiger partial charge in [0.2, 0.25) is 0 Å². The molecule has 1 unspecified atom stereocenters. The number of benzene rings is 2. The lowest BCUT2D eigenvalue weighted by molar-refractivity contribution is 0.00991. The highest BCUT2D eigenvalue weighted by Gasteiger charge is 2.39. The van der Waals surface area contributed by atoms with Crippen LogP contribution in [0.25, 0.3) is 0 Å². The lowest BCUT2D eigenvalue weighted by atomic mass is 9.76. The van der Waals surface area contributed by atoms with Crippen molar-refractivity contribution in [2.45, 2.75) is 25.4 Å². The molecule has 0 spiro atoms. The fourth-order valence-corrected chi connectivity index (χ4v) is 3.67. The van der Waals surface area contributed by atoms with Crippen molar-refractivity contribution in [1.82, 2.24) is 4.90 Å². The molecule has 0 saturated carbocycles. The Bertz CT molecular complexity index is 658. The molecule has 2 nitrogen and oxygen atoms in total. The number of rotatable bonds is 5. The maximum atomic E-state index is 13.8. The Balaban J connectivity index is 0.00000225. The molecule has 1 saturated heterocycles. The Morgan fingerprint density at radius 3 is 1.92 bits per heavy atom. The Kier molecular flexibility index (Phi) is 6.72. The number of likely N-dealkylation sites (tertiary alicyclic amines) is 1. The minimum absolute atomic E-state index is 0. The van der Waals surface area contributed by atoms with Crippen molar-refractivity contribution in [3.8, 4) is 0 Å². The van der Waals surface area contributed by atoms with E-state index >= 15 is 0 Å². The largest absolute Gasteiger partial charge is 0.380 e. The van der Waals surface area contributed by atoms with Crippen LogP contribution in [0.1, 0.15) is 30.9 Å². The van der Waals surface area contributed by atoms with E-state index in [1.165, 1.54) is 24.3 Å². The third-order valence-electron chi connectivity index (χ3n) is 4.97. The van der Waals surface area contributed by atoms with Gasteiger partial charge in [-0.2, -0.15) is 0 Å². The topological polar surface area (TPSA) is 23.5 Å². The Hall–Kier alpha value is -1.30. The lowest BCUT2D eigenvalue weighted by Gasteiger charge is -2.37. The molecular weight excluding hydrogens is 388 g/mol. The highest BCUT2D eigenvalue weighted by molar-refractivity contribution is 8.93. The summed E-state index contributed by atoms with van der Waals surface area (Å²) in [6.45, 7) is 4.64. The zero-order chi connectivity index (χ0) is 17.2. The molecule has 1 aliphatic heterocycles. The van der Waals surface area contributed by atoms with Gasteiger partial charge in [-0.3, -0.25) is 0 Å². The summed E-state index contributed by atoms with van der Waals surface area (Å²) in [5.41, 5.74) is -0.521. The van der Waals surface area contributed by atoms with Crippen LogP contribution in [0.4, 0.5) is 8.78 Å². The van der Waals surface area contributed by atoms with Gasteiger partial charge in [0.1, 0.15) is 17.2 Å². The van der Waals surface area contributed by atoms with Crippen molar-refractivity contribution in [2.24, 2.45) is 5.92 Å². The van der Waals surface area contributed by atoms with Crippen LogP contribution in [-0.4, -0.2) is 29.6 Å². The molecular formula is C20H24BrF2NO. The smallest absolute Gasteiger partial charge is 0.123 e. The van der Waals surface area contributed by atoms with E-state index in [2.05, 4.69) is 4.90 Å². The summed E-state index contributed by atoms with van der Waals surface area (Å²) >= 11 is 0. The minimum atomic E-state index is -1.44. The van der Waals surface area contributed by atoms with Crippen LogP contribution in [0, 0.1) is 17.6 Å². The van der Waals surface area contributed by atoms with Gasteiger partial charge in [-0.25, -0.2) is 8.78 Å². The third-order valence-corrected chi connectivity index (χ3v) is 4.97. The quantitative estimate of drug-likeness (QED) is 0.781. The highest BCUT2D eigenvalue weighted by atomic mass is 79.9. The van der Waals surface area contributed by atoms with Gasteiger partial charge in [0.15, 0.2) is 0 Å². The summed E-state index contributed by atoms with van der Waals surface area (Å²) in [4.78, 5) is 2.30. The van der Waals surface area contributed by atoms with Gasteiger partial charge in [0, 0.05) is 12.5 Å². The Labute approximate surface area is 158 Å². The zero-order valence-corrected chi connectivity index (χ0v) is 16.0. The third kappa shape index (κ3) is 4.27. The summed E-state index contributed by atoms with van der Waals surface area (Å²) in [5, 5.41) is 11.6. The number of aliphatic hydroxyl groups is 1. The van der Waals surface area contributed by atoms with Crippen molar-refractivity contribution in [3.05, 3.63) is 71.3 Å². The lowest BCUT2D eigenvalue weighted by Crippen LogP contribution is -2.41. The maximum absolute atomic E-state index is 13.8. The molecule has 136 valence electrons. The highest BCUT2D eigenvalue weighted by Crippen LogP contribution is 2.38. The van der Waals surface area contributed by atoms with Crippen LogP contribution in [0.5, 0.6) is 0 Å². The first-order chi connectivity index (χ1) is 11.5. The molecule has 0 radical (unpaired) electrons. The normalized spacial score (nSPS) is 16.5. The molecule has 1 aliphatic rings. The molecule has 0 amide bonds. The van der Waals surface area contributed by atoms with Crippen LogP contribution in [0.2, 0.25) is 0 Å². The molecule has 3 rings (SSSR count). The van der Waals surface area contributed by atoms with E-state index in [4.69, 9.17) is 0 Å². The van der Waals surface area contributed by atoms with Gasteiger partial charge in [-0.1, -0.05) is 31.2 Å². The van der Waals surface area contributed by atoms with E-state index in [-0.39, 0.29) is 22.9 Å². The second kappa shape index (κ2) is 8.39. The van der Waals surface area contributed by atoms with Gasteiger partial charge in [-0.05, 0) is 61.3 Å². The van der Waals surface area contributed by atoms with Gasteiger partial charge in [0.25, 0.3) is 0 Å².